The van der Waals surface area contributed by atoms with Crippen LogP contribution in [0.25, 0.3) is 27.9 Å². The van der Waals surface area contributed by atoms with Crippen molar-refractivity contribution in [3.63, 3.8) is 0 Å². The lowest BCUT2D eigenvalue weighted by Gasteiger charge is -2.38. The topological polar surface area (TPSA) is 239 Å². The number of aliphatic hydroxyl groups excluding tert-OH is 1. The minimum Gasteiger partial charge on any atom is -0.390 e. The van der Waals surface area contributed by atoms with E-state index in [4.69, 9.17) is 34.1 Å². The van der Waals surface area contributed by atoms with Gasteiger partial charge in [-0.1, -0.05) is 131 Å². The number of unbranched alkanes of at least 4 members (excludes halogenated alkanes) is 4. The number of carbonyl (C=O) groups excluding carboxylic acids is 4. The molecule has 2 aromatic heterocycles. The molecule has 4 amide bonds. The zero-order valence-corrected chi connectivity index (χ0v) is 49.4. The molecule has 1 saturated heterocycles. The van der Waals surface area contributed by atoms with Gasteiger partial charge < -0.3 is 51.3 Å². The minimum atomic E-state index is -0.881. The van der Waals surface area contributed by atoms with Crippen LogP contribution in [0.1, 0.15) is 126 Å². The highest BCUT2D eigenvalue weighted by Crippen LogP contribution is 2.42. The molecule has 5 aromatic rings. The van der Waals surface area contributed by atoms with Crippen molar-refractivity contribution >= 4 is 70.3 Å². The lowest BCUT2D eigenvalue weighted by atomic mass is 9.86. The number of amides is 4. The van der Waals surface area contributed by atoms with Crippen LogP contribution >= 0.6 is 23.2 Å². The van der Waals surface area contributed by atoms with Crippen molar-refractivity contribution in [3.05, 3.63) is 129 Å². The molecule has 81 heavy (non-hydrogen) atoms. The Balaban J connectivity index is 0.000000292. The largest absolute Gasteiger partial charge is 0.390 e. The fraction of sp³-hybridized carbons (Fsp3) is 0.475. The van der Waals surface area contributed by atoms with Crippen LogP contribution < -0.4 is 27.1 Å². The standard InChI is InChI=1S/C33H47N7O3.C26H33Cl2N5O3.C2H6/c1-3-35-25-38-30(32(39(2)34)29-13-10-28(11-14-29)24-36-20-7-21-37-26-41)16-17-33(43)18-22-40(23-19-33)31(42)15-12-27-8-5-4-6-9-27;1-2-3-4-5-6-7-22(35)29-10-13-33-12-9-21(31-33)17-14-19(27)25(28)26-24(17)18-15-32(23(36)16-34)11-8-20(18)30-26;1-2/h3-6,8-11,13-14,25-26,36,43H,1,7,12,15-24,34H2,2H3,(H,35,38)(H,37,41);9,12,14,30,34H,2-8,10-11,13,15-16H2,1H3,(H,29,35);1-2H3/b32-30+;;. The molecule has 2 aliphatic rings. The molecular formula is C61H86Cl2N12O6. The molecule has 18 nitrogen and oxygen atoms in total. The SMILES string of the molecule is C=CN=CN/C(CCC1(O)CCN(C(=O)CCc2ccccc2)CC1)=C(\c1ccc(CNCCCNC=O)cc1)N(C)N.CC.CCCCCCCC(=O)NCCn1ccc(-c2cc(Cl)c(Cl)c3[nH]c4c(c23)CN(C(=O)CO)CC4)n1. The molecule has 20 heteroatoms. The first-order chi connectivity index (χ1) is 39.3. The average molecular weight is 1150 g/mol. The van der Waals surface area contributed by atoms with E-state index in [0.29, 0.717) is 107 Å². The molecule has 4 heterocycles. The van der Waals surface area contributed by atoms with Crippen LogP contribution in [0.2, 0.25) is 10.0 Å². The number of aryl methyl sites for hydroxylation is 1. The highest BCUT2D eigenvalue weighted by atomic mass is 35.5. The number of halogens is 2. The summed E-state index contributed by atoms with van der Waals surface area (Å²) in [7, 11) is 1.79. The number of likely N-dealkylation sites (tertiary alicyclic amines) is 1. The first-order valence-electron chi connectivity index (χ1n) is 28.6. The number of hydrogen-bond donors (Lipinski definition) is 8. The molecule has 0 spiro atoms. The molecule has 0 atom stereocenters. The quantitative estimate of drug-likeness (QED) is 0.00563. The van der Waals surface area contributed by atoms with E-state index in [2.05, 4.69) is 56.9 Å². The van der Waals surface area contributed by atoms with Gasteiger partial charge in [-0.2, -0.15) is 5.10 Å². The fourth-order valence-electron chi connectivity index (χ4n) is 10.0. The summed E-state index contributed by atoms with van der Waals surface area (Å²) < 4.78 is 1.80. The highest BCUT2D eigenvalue weighted by Gasteiger charge is 2.34. The number of aromatic nitrogens is 3. The van der Waals surface area contributed by atoms with Gasteiger partial charge >= 0.3 is 0 Å². The second-order valence-corrected chi connectivity index (χ2v) is 21.0. The Morgan fingerprint density at radius 2 is 1.65 bits per heavy atom. The predicted molar refractivity (Wildman–Crippen MR) is 326 cm³/mol. The summed E-state index contributed by atoms with van der Waals surface area (Å²) >= 11 is 13.0. The molecule has 2 aliphatic heterocycles. The summed E-state index contributed by atoms with van der Waals surface area (Å²) in [4.78, 5) is 58.4. The van der Waals surface area contributed by atoms with Gasteiger partial charge in [-0.05, 0) is 74.8 Å². The normalized spacial score (nSPS) is 14.0. The molecule has 3 aromatic carbocycles. The Bertz CT molecular complexity index is 2830. The van der Waals surface area contributed by atoms with Crippen LogP contribution in [0.4, 0.5) is 0 Å². The van der Waals surface area contributed by atoms with Crippen LogP contribution in [-0.4, -0.2) is 129 Å². The van der Waals surface area contributed by atoms with Crippen molar-refractivity contribution in [1.29, 1.82) is 0 Å². The zero-order chi connectivity index (χ0) is 58.6. The number of fused-ring (bicyclic) bond motifs is 3. The van der Waals surface area contributed by atoms with E-state index in [-0.39, 0.29) is 17.7 Å². The van der Waals surface area contributed by atoms with E-state index in [1.54, 1.807) is 34.0 Å². The third-order valence-electron chi connectivity index (χ3n) is 14.4. The third-order valence-corrected chi connectivity index (χ3v) is 15.2. The molecule has 0 unspecified atom stereocenters. The number of aliphatic hydroxyl groups is 2. The summed E-state index contributed by atoms with van der Waals surface area (Å²) in [6, 6.07) is 21.9. The highest BCUT2D eigenvalue weighted by molar-refractivity contribution is 6.45. The summed E-state index contributed by atoms with van der Waals surface area (Å²) in [5.41, 5.74) is 8.23. The molecule has 0 bridgehead atoms. The monoisotopic (exact) mass is 1150 g/mol. The van der Waals surface area contributed by atoms with Gasteiger partial charge in [0.15, 0.2) is 0 Å². The smallest absolute Gasteiger partial charge is 0.248 e. The summed E-state index contributed by atoms with van der Waals surface area (Å²) in [5, 5.41) is 41.1. The average Bonchev–Trinajstić information content (AvgIpc) is 3.57. The second-order valence-electron chi connectivity index (χ2n) is 20.2. The fourth-order valence-corrected chi connectivity index (χ4v) is 10.4. The second kappa shape index (κ2) is 34.7. The van der Waals surface area contributed by atoms with Crippen LogP contribution in [-0.2, 0) is 51.7 Å². The van der Waals surface area contributed by atoms with Crippen LogP contribution in [0.15, 0.2) is 96.4 Å². The molecule has 7 rings (SSSR count). The van der Waals surface area contributed by atoms with Gasteiger partial charge in [0.1, 0.15) is 6.61 Å². The maximum absolute atomic E-state index is 12.8. The number of nitrogens with zero attached hydrogens (tertiary/aromatic N) is 6. The van der Waals surface area contributed by atoms with Crippen LogP contribution in [0, 0.1) is 0 Å². The van der Waals surface area contributed by atoms with Crippen molar-refractivity contribution < 1.29 is 29.4 Å². The van der Waals surface area contributed by atoms with Crippen LogP contribution in [0.3, 0.4) is 0 Å². The van der Waals surface area contributed by atoms with Crippen molar-refractivity contribution in [2.45, 2.75) is 136 Å². The number of nitrogens with two attached hydrogens (primary N) is 1. The molecule has 0 radical (unpaired) electrons. The number of hydrazine groups is 1. The summed E-state index contributed by atoms with van der Waals surface area (Å²) in [6.07, 6.45) is 16.6. The number of rotatable bonds is 29. The van der Waals surface area contributed by atoms with Crippen molar-refractivity contribution in [2.75, 3.05) is 52.9 Å². The number of H-pyrrole nitrogens is 1. The third kappa shape index (κ3) is 20.1. The number of benzene rings is 3. The van der Waals surface area contributed by atoms with E-state index in [1.807, 2.05) is 73.5 Å². The molecular weight excluding hydrogens is 1070 g/mol. The summed E-state index contributed by atoms with van der Waals surface area (Å²) in [6.45, 7) is 14.5. The van der Waals surface area contributed by atoms with Crippen molar-refractivity contribution in [3.8, 4) is 11.3 Å². The van der Waals surface area contributed by atoms with Gasteiger partial charge in [-0.15, -0.1) is 0 Å². The maximum Gasteiger partial charge on any atom is 0.248 e. The van der Waals surface area contributed by atoms with Gasteiger partial charge in [0.05, 0.1) is 45.4 Å². The molecule has 9 N–H and O–H groups in total. The number of hydrogen-bond acceptors (Lipinski definition) is 11. The number of allylic oxidation sites excluding steroid dienone is 1. The number of piperidine rings is 1. The molecule has 0 aliphatic carbocycles. The van der Waals surface area contributed by atoms with Crippen molar-refractivity contribution in [2.24, 2.45) is 10.8 Å². The Labute approximate surface area is 488 Å². The Morgan fingerprint density at radius 3 is 2.35 bits per heavy atom. The first-order valence-corrected chi connectivity index (χ1v) is 29.4. The minimum absolute atomic E-state index is 0.0750. The van der Waals surface area contributed by atoms with Gasteiger partial charge in [0.2, 0.25) is 24.1 Å². The van der Waals surface area contributed by atoms with Gasteiger partial charge in [0, 0.05) is 118 Å². The number of aliphatic imine (C=N–C) groups is 1. The Morgan fingerprint density at radius 1 is 0.914 bits per heavy atom. The van der Waals surface area contributed by atoms with Crippen molar-refractivity contribution in [1.82, 2.24) is 50.8 Å². The Kier molecular flexibility index (Phi) is 27.9. The first kappa shape index (κ1) is 65.3. The zero-order valence-electron chi connectivity index (χ0n) is 47.9. The predicted octanol–water partition coefficient (Wildman–Crippen LogP) is 8.63. The van der Waals surface area contributed by atoms with E-state index in [9.17, 15) is 29.4 Å². The van der Waals surface area contributed by atoms with E-state index in [1.165, 1.54) is 25.5 Å². The van der Waals surface area contributed by atoms with Crippen LogP contribution in [0.5, 0.6) is 0 Å². The number of carbonyl (C=O) groups is 4. The van der Waals surface area contributed by atoms with Gasteiger partial charge in [-0.25, -0.2) is 10.8 Å². The van der Waals surface area contributed by atoms with E-state index in [0.717, 1.165) is 100 Å². The maximum atomic E-state index is 12.8. The molecule has 1 fully saturated rings. The number of nitrogens with one attached hydrogen (secondary N) is 5. The van der Waals surface area contributed by atoms with Gasteiger partial charge in [-0.3, -0.25) is 23.9 Å². The van der Waals surface area contributed by atoms with Gasteiger partial charge in [0.25, 0.3) is 0 Å². The van der Waals surface area contributed by atoms with E-state index >= 15 is 0 Å². The molecule has 0 saturated carbocycles. The summed E-state index contributed by atoms with van der Waals surface area (Å²) in [5.74, 6) is 6.24. The molecule has 440 valence electrons. The van der Waals surface area contributed by atoms with E-state index < -0.39 is 12.2 Å². The number of aromatic amines is 1. The lowest BCUT2D eigenvalue weighted by Crippen LogP contribution is -2.47. The lowest BCUT2D eigenvalue weighted by molar-refractivity contribution is -0.136. The Hall–Kier alpha value is -6.54.